The van der Waals surface area contributed by atoms with E-state index in [1.807, 2.05) is 0 Å². The van der Waals surface area contributed by atoms with Crippen LogP contribution >= 0.6 is 11.6 Å². The normalized spacial score (nSPS) is 17.0. The number of carboxylic acids is 1. The van der Waals surface area contributed by atoms with E-state index in [4.69, 9.17) is 21.4 Å². The quantitative estimate of drug-likeness (QED) is 0.526. The standard InChI is InChI=1S/C17H15ClO4.C9H19N/c1-17(2,16(20)21)22-14-9-5-12(6-10-14)15(19)11-3-7-13(18)8-4-11;1-8(2)6-5-7-9(3,4)10-8/h3-10H,1-2H3,(H,20,21);10H,5-7H2,1-4H3. The molecular weight excluding hydrogens is 426 g/mol. The van der Waals surface area contributed by atoms with Crippen molar-refractivity contribution in [3.05, 3.63) is 64.7 Å². The lowest BCUT2D eigenvalue weighted by atomic mass is 9.83. The van der Waals surface area contributed by atoms with Gasteiger partial charge in [-0.25, -0.2) is 4.79 Å². The van der Waals surface area contributed by atoms with Crippen LogP contribution in [0, 0.1) is 0 Å². The molecule has 2 N–H and O–H groups in total. The van der Waals surface area contributed by atoms with Gasteiger partial charge in [0, 0.05) is 27.2 Å². The van der Waals surface area contributed by atoms with Crippen LogP contribution in [-0.2, 0) is 4.79 Å². The summed E-state index contributed by atoms with van der Waals surface area (Å²) in [6.45, 7) is 12.1. The third-order valence-corrected chi connectivity index (χ3v) is 5.64. The summed E-state index contributed by atoms with van der Waals surface area (Å²) in [6.07, 6.45) is 4.00. The molecule has 1 aliphatic heterocycles. The van der Waals surface area contributed by atoms with Gasteiger partial charge in [-0.15, -0.1) is 0 Å². The van der Waals surface area contributed by atoms with Crippen LogP contribution in [0.25, 0.3) is 0 Å². The smallest absolute Gasteiger partial charge is 0.347 e. The number of ketones is 1. The van der Waals surface area contributed by atoms with E-state index >= 15 is 0 Å². The molecule has 1 aliphatic rings. The van der Waals surface area contributed by atoms with Crippen LogP contribution in [0.2, 0.25) is 5.02 Å². The third kappa shape index (κ3) is 7.64. The third-order valence-electron chi connectivity index (χ3n) is 5.39. The van der Waals surface area contributed by atoms with Crippen molar-refractivity contribution in [1.82, 2.24) is 5.32 Å². The zero-order valence-electron chi connectivity index (χ0n) is 19.8. The molecule has 2 aromatic carbocycles. The van der Waals surface area contributed by atoms with Gasteiger partial charge in [0.2, 0.25) is 0 Å². The predicted octanol–water partition coefficient (Wildman–Crippen LogP) is 6.13. The maximum atomic E-state index is 12.3. The van der Waals surface area contributed by atoms with Gasteiger partial charge in [0.15, 0.2) is 11.4 Å². The predicted molar refractivity (Wildman–Crippen MR) is 129 cm³/mol. The van der Waals surface area contributed by atoms with Crippen molar-refractivity contribution < 1.29 is 19.4 Å². The fourth-order valence-corrected chi connectivity index (χ4v) is 3.92. The van der Waals surface area contributed by atoms with Crippen LogP contribution in [0.1, 0.15) is 76.7 Å². The molecule has 2 aromatic rings. The number of rotatable bonds is 5. The highest BCUT2D eigenvalue weighted by atomic mass is 35.5. The van der Waals surface area contributed by atoms with E-state index in [-0.39, 0.29) is 5.78 Å². The topological polar surface area (TPSA) is 75.6 Å². The summed E-state index contributed by atoms with van der Waals surface area (Å²) < 4.78 is 5.39. The molecule has 0 bridgehead atoms. The summed E-state index contributed by atoms with van der Waals surface area (Å²) in [7, 11) is 0. The van der Waals surface area contributed by atoms with Crippen molar-refractivity contribution in [3.8, 4) is 5.75 Å². The summed E-state index contributed by atoms with van der Waals surface area (Å²) in [5.74, 6) is -0.811. The molecule has 174 valence electrons. The van der Waals surface area contributed by atoms with E-state index in [0.29, 0.717) is 33.0 Å². The second-order valence-electron chi connectivity index (χ2n) is 10.0. The molecule has 0 unspecified atom stereocenters. The monoisotopic (exact) mass is 459 g/mol. The number of halogens is 1. The second kappa shape index (κ2) is 10.1. The maximum absolute atomic E-state index is 12.3. The lowest BCUT2D eigenvalue weighted by Gasteiger charge is -2.42. The number of hydrogen-bond acceptors (Lipinski definition) is 4. The van der Waals surface area contributed by atoms with Gasteiger partial charge in [-0.05, 0) is 109 Å². The lowest BCUT2D eigenvalue weighted by molar-refractivity contribution is -0.152. The fourth-order valence-electron chi connectivity index (χ4n) is 3.79. The molecule has 1 saturated heterocycles. The van der Waals surface area contributed by atoms with Gasteiger partial charge in [-0.3, -0.25) is 4.79 Å². The van der Waals surface area contributed by atoms with Crippen LogP contribution in [0.3, 0.4) is 0 Å². The number of aliphatic carboxylic acids is 1. The van der Waals surface area contributed by atoms with E-state index in [1.165, 1.54) is 33.1 Å². The summed E-state index contributed by atoms with van der Waals surface area (Å²) >= 11 is 5.79. The molecule has 1 heterocycles. The Balaban J connectivity index is 0.000000303. The van der Waals surface area contributed by atoms with Gasteiger partial charge in [0.05, 0.1) is 0 Å². The van der Waals surface area contributed by atoms with Crippen LogP contribution in [0.15, 0.2) is 48.5 Å². The van der Waals surface area contributed by atoms with Gasteiger partial charge in [0.25, 0.3) is 0 Å². The van der Waals surface area contributed by atoms with Crippen LogP contribution in [0.4, 0.5) is 0 Å². The Morgan fingerprint density at radius 1 is 0.906 bits per heavy atom. The van der Waals surface area contributed by atoms with Crippen molar-refractivity contribution in [1.29, 1.82) is 0 Å². The Hall–Kier alpha value is -2.37. The molecule has 5 nitrogen and oxygen atoms in total. The number of hydrogen-bond donors (Lipinski definition) is 2. The first-order valence-corrected chi connectivity index (χ1v) is 11.2. The van der Waals surface area contributed by atoms with Crippen LogP contribution in [-0.4, -0.2) is 33.5 Å². The van der Waals surface area contributed by atoms with Crippen LogP contribution in [0.5, 0.6) is 5.75 Å². The molecule has 1 fully saturated rings. The maximum Gasteiger partial charge on any atom is 0.347 e. The number of carboxylic acid groups (broad SMARTS) is 1. The van der Waals surface area contributed by atoms with E-state index in [2.05, 4.69) is 33.0 Å². The first-order chi connectivity index (χ1) is 14.7. The van der Waals surface area contributed by atoms with E-state index in [9.17, 15) is 9.59 Å². The van der Waals surface area contributed by atoms with Gasteiger partial charge >= 0.3 is 5.97 Å². The minimum atomic E-state index is -1.33. The minimum absolute atomic E-state index is 0.138. The second-order valence-corrected chi connectivity index (χ2v) is 10.5. The SMILES string of the molecule is CC(C)(Oc1ccc(C(=O)c2ccc(Cl)cc2)cc1)C(=O)O.CC1(C)CCCC(C)(C)N1. The average molecular weight is 460 g/mol. The first kappa shape index (κ1) is 25.9. The number of ether oxygens (including phenoxy) is 1. The zero-order valence-corrected chi connectivity index (χ0v) is 20.5. The molecule has 6 heteroatoms. The van der Waals surface area contributed by atoms with Gasteiger partial charge in [-0.1, -0.05) is 11.6 Å². The van der Waals surface area contributed by atoms with Crippen molar-refractivity contribution in [2.75, 3.05) is 0 Å². The molecule has 0 aliphatic carbocycles. The highest BCUT2D eigenvalue weighted by molar-refractivity contribution is 6.30. The number of piperidine rings is 1. The molecule has 0 saturated carbocycles. The number of carbonyl (C=O) groups is 2. The highest BCUT2D eigenvalue weighted by Crippen LogP contribution is 2.27. The summed E-state index contributed by atoms with van der Waals surface area (Å²) in [4.78, 5) is 23.3. The Morgan fingerprint density at radius 3 is 1.72 bits per heavy atom. The molecule has 32 heavy (non-hydrogen) atoms. The Labute approximate surface area is 196 Å². The Morgan fingerprint density at radius 2 is 1.34 bits per heavy atom. The molecule has 0 radical (unpaired) electrons. The van der Waals surface area contributed by atoms with Crippen molar-refractivity contribution >= 4 is 23.4 Å². The Bertz CT molecular complexity index is 917. The van der Waals surface area contributed by atoms with Crippen molar-refractivity contribution in [2.45, 2.75) is 77.5 Å². The van der Waals surface area contributed by atoms with Gasteiger partial charge in [0.1, 0.15) is 5.75 Å². The molecule has 0 amide bonds. The number of carbonyl (C=O) groups excluding carboxylic acids is 1. The summed E-state index contributed by atoms with van der Waals surface area (Å²) in [5.41, 5.74) is 0.414. The largest absolute Gasteiger partial charge is 0.478 e. The van der Waals surface area contributed by atoms with Crippen LogP contribution < -0.4 is 10.1 Å². The number of benzene rings is 2. The van der Waals surface area contributed by atoms with E-state index in [1.54, 1.807) is 48.5 Å². The summed E-state index contributed by atoms with van der Waals surface area (Å²) in [5, 5.41) is 13.2. The van der Waals surface area contributed by atoms with Crippen molar-refractivity contribution in [3.63, 3.8) is 0 Å². The molecule has 0 spiro atoms. The minimum Gasteiger partial charge on any atom is -0.478 e. The zero-order chi connectivity index (χ0) is 24.2. The average Bonchev–Trinajstić information content (AvgIpc) is 2.67. The molecule has 0 aromatic heterocycles. The molecule has 0 atom stereocenters. The van der Waals surface area contributed by atoms with E-state index in [0.717, 1.165) is 0 Å². The van der Waals surface area contributed by atoms with Gasteiger partial charge in [-0.2, -0.15) is 0 Å². The fraction of sp³-hybridized carbons (Fsp3) is 0.462. The van der Waals surface area contributed by atoms with E-state index < -0.39 is 11.6 Å². The highest BCUT2D eigenvalue weighted by Gasteiger charge is 2.31. The molecule has 3 rings (SSSR count). The number of nitrogens with one attached hydrogen (secondary N) is 1. The first-order valence-electron chi connectivity index (χ1n) is 10.8. The summed E-state index contributed by atoms with van der Waals surface area (Å²) in [6, 6.07) is 13.0. The van der Waals surface area contributed by atoms with Gasteiger partial charge < -0.3 is 15.2 Å². The molecular formula is C26H34ClNO4. The van der Waals surface area contributed by atoms with Crippen molar-refractivity contribution in [2.24, 2.45) is 0 Å². The lowest BCUT2D eigenvalue weighted by Crippen LogP contribution is -2.55. The Kier molecular flexibility index (Phi) is 8.13.